The fourth-order valence-electron chi connectivity index (χ4n) is 1.57. The van der Waals surface area contributed by atoms with Crippen molar-refractivity contribution in [3.05, 3.63) is 35.4 Å². The molecule has 15 heavy (non-hydrogen) atoms. The molecule has 0 saturated carbocycles. The maximum absolute atomic E-state index is 5.45. The first kappa shape index (κ1) is 11.8. The first-order chi connectivity index (χ1) is 7.27. The molecule has 0 aromatic heterocycles. The molecular weight excluding hydrogens is 182 g/mol. The van der Waals surface area contributed by atoms with Gasteiger partial charge in [-0.1, -0.05) is 43.5 Å². The third-order valence-electron chi connectivity index (χ3n) is 2.58. The number of hydrogen-bond donors (Lipinski definition) is 1. The lowest BCUT2D eigenvalue weighted by atomic mass is 10.1. The Bertz CT molecular complexity index is 335. The Balaban J connectivity index is 2.50. The van der Waals surface area contributed by atoms with E-state index < -0.39 is 0 Å². The van der Waals surface area contributed by atoms with Gasteiger partial charge in [-0.15, -0.1) is 6.42 Å². The van der Waals surface area contributed by atoms with Gasteiger partial charge in [-0.05, 0) is 24.5 Å². The summed E-state index contributed by atoms with van der Waals surface area (Å²) in [5.41, 5.74) is 2.64. The predicted octanol–water partition coefficient (Wildman–Crippen LogP) is 2.89. The van der Waals surface area contributed by atoms with Crippen molar-refractivity contribution in [2.75, 3.05) is 0 Å². The number of terminal acetylenes is 1. The largest absolute Gasteiger partial charge is 0.300 e. The Morgan fingerprint density at radius 1 is 1.40 bits per heavy atom. The lowest BCUT2D eigenvalue weighted by Gasteiger charge is -2.13. The molecule has 80 valence electrons. The number of benzene rings is 1. The summed E-state index contributed by atoms with van der Waals surface area (Å²) in [6.07, 6.45) is 7.61. The van der Waals surface area contributed by atoms with Gasteiger partial charge in [-0.2, -0.15) is 0 Å². The quantitative estimate of drug-likeness (QED) is 0.722. The zero-order chi connectivity index (χ0) is 11.1. The minimum absolute atomic E-state index is 0.203. The van der Waals surface area contributed by atoms with Crippen molar-refractivity contribution in [3.8, 4) is 12.3 Å². The Morgan fingerprint density at radius 2 is 2.13 bits per heavy atom. The highest BCUT2D eigenvalue weighted by molar-refractivity contribution is 5.25. The lowest BCUT2D eigenvalue weighted by Crippen LogP contribution is -2.27. The van der Waals surface area contributed by atoms with Gasteiger partial charge in [0.05, 0.1) is 6.04 Å². The van der Waals surface area contributed by atoms with Crippen LogP contribution in [0.5, 0.6) is 0 Å². The van der Waals surface area contributed by atoms with Gasteiger partial charge in [0, 0.05) is 6.54 Å². The van der Waals surface area contributed by atoms with Crippen molar-refractivity contribution in [2.24, 2.45) is 0 Å². The lowest BCUT2D eigenvalue weighted by molar-refractivity contribution is 0.562. The standard InChI is InChI=1S/C14H19N/c1-4-8-14(5-2)15-11-13-10-7-6-9-12(13)3/h2,6-7,9-10,14-15H,4,8,11H2,1,3H3. The summed E-state index contributed by atoms with van der Waals surface area (Å²) in [6.45, 7) is 5.14. The van der Waals surface area contributed by atoms with Gasteiger partial charge in [-0.3, -0.25) is 5.32 Å². The van der Waals surface area contributed by atoms with Gasteiger partial charge < -0.3 is 0 Å². The molecule has 0 saturated heterocycles. The van der Waals surface area contributed by atoms with E-state index in [1.807, 2.05) is 0 Å². The SMILES string of the molecule is C#CC(CCC)NCc1ccccc1C. The zero-order valence-corrected chi connectivity index (χ0v) is 9.59. The highest BCUT2D eigenvalue weighted by Crippen LogP contribution is 2.07. The smallest absolute Gasteiger partial charge is 0.0689 e. The van der Waals surface area contributed by atoms with Crippen LogP contribution in [0, 0.1) is 19.3 Å². The van der Waals surface area contributed by atoms with E-state index in [2.05, 4.69) is 49.4 Å². The molecule has 0 fully saturated rings. The first-order valence-corrected chi connectivity index (χ1v) is 5.52. The van der Waals surface area contributed by atoms with Crippen molar-refractivity contribution in [1.29, 1.82) is 0 Å². The molecule has 1 atom stereocenters. The number of rotatable bonds is 5. The van der Waals surface area contributed by atoms with Crippen molar-refractivity contribution >= 4 is 0 Å². The van der Waals surface area contributed by atoms with E-state index in [0.717, 1.165) is 19.4 Å². The molecule has 0 amide bonds. The second kappa shape index (κ2) is 6.27. The minimum Gasteiger partial charge on any atom is -0.300 e. The van der Waals surface area contributed by atoms with Gasteiger partial charge in [0.25, 0.3) is 0 Å². The molecule has 1 rings (SSSR count). The Morgan fingerprint density at radius 3 is 2.73 bits per heavy atom. The van der Waals surface area contributed by atoms with Crippen LogP contribution in [0.4, 0.5) is 0 Å². The fraction of sp³-hybridized carbons (Fsp3) is 0.429. The van der Waals surface area contributed by atoms with Crippen LogP contribution in [-0.4, -0.2) is 6.04 Å². The highest BCUT2D eigenvalue weighted by atomic mass is 14.9. The molecule has 1 aromatic carbocycles. The molecule has 0 bridgehead atoms. The van der Waals surface area contributed by atoms with Crippen molar-refractivity contribution in [1.82, 2.24) is 5.32 Å². The predicted molar refractivity (Wildman–Crippen MR) is 65.5 cm³/mol. The fourth-order valence-corrected chi connectivity index (χ4v) is 1.57. The van der Waals surface area contributed by atoms with Crippen LogP contribution in [0.1, 0.15) is 30.9 Å². The third-order valence-corrected chi connectivity index (χ3v) is 2.58. The van der Waals surface area contributed by atoms with Gasteiger partial charge >= 0.3 is 0 Å². The molecule has 1 unspecified atom stereocenters. The number of aryl methyl sites for hydroxylation is 1. The normalized spacial score (nSPS) is 12.1. The molecule has 1 aromatic rings. The zero-order valence-electron chi connectivity index (χ0n) is 9.59. The third kappa shape index (κ3) is 3.77. The van der Waals surface area contributed by atoms with Crippen LogP contribution in [-0.2, 0) is 6.54 Å². The summed E-state index contributed by atoms with van der Waals surface area (Å²) in [6, 6.07) is 8.59. The topological polar surface area (TPSA) is 12.0 Å². The van der Waals surface area contributed by atoms with E-state index in [-0.39, 0.29) is 6.04 Å². The van der Waals surface area contributed by atoms with E-state index in [1.165, 1.54) is 11.1 Å². The van der Waals surface area contributed by atoms with Crippen LogP contribution >= 0.6 is 0 Å². The molecule has 0 spiro atoms. The summed E-state index contributed by atoms with van der Waals surface area (Å²) < 4.78 is 0. The Kier molecular flexibility index (Phi) is 4.93. The van der Waals surface area contributed by atoms with E-state index in [9.17, 15) is 0 Å². The summed E-state index contributed by atoms with van der Waals surface area (Å²) in [4.78, 5) is 0. The number of hydrogen-bond acceptors (Lipinski definition) is 1. The van der Waals surface area contributed by atoms with Crippen LogP contribution < -0.4 is 5.32 Å². The van der Waals surface area contributed by atoms with E-state index >= 15 is 0 Å². The Hall–Kier alpha value is -1.26. The van der Waals surface area contributed by atoms with Gasteiger partial charge in [0.2, 0.25) is 0 Å². The van der Waals surface area contributed by atoms with Crippen molar-refractivity contribution in [3.63, 3.8) is 0 Å². The average molecular weight is 201 g/mol. The molecular formula is C14H19N. The average Bonchev–Trinajstić information content (AvgIpc) is 2.26. The second-order valence-corrected chi connectivity index (χ2v) is 3.82. The van der Waals surface area contributed by atoms with Crippen LogP contribution in [0.3, 0.4) is 0 Å². The molecule has 0 radical (unpaired) electrons. The minimum atomic E-state index is 0.203. The maximum atomic E-state index is 5.45. The summed E-state index contributed by atoms with van der Waals surface area (Å²) in [5.74, 6) is 2.78. The molecule has 0 aliphatic rings. The summed E-state index contributed by atoms with van der Waals surface area (Å²) in [5, 5.41) is 3.39. The van der Waals surface area contributed by atoms with Crippen molar-refractivity contribution in [2.45, 2.75) is 39.3 Å². The Labute approximate surface area is 92.9 Å². The maximum Gasteiger partial charge on any atom is 0.0689 e. The molecule has 0 heterocycles. The highest BCUT2D eigenvalue weighted by Gasteiger charge is 2.03. The number of nitrogens with one attached hydrogen (secondary N) is 1. The van der Waals surface area contributed by atoms with Crippen molar-refractivity contribution < 1.29 is 0 Å². The van der Waals surface area contributed by atoms with Crippen LogP contribution in [0.25, 0.3) is 0 Å². The van der Waals surface area contributed by atoms with E-state index in [4.69, 9.17) is 6.42 Å². The molecule has 0 aliphatic carbocycles. The van der Waals surface area contributed by atoms with Crippen LogP contribution in [0.2, 0.25) is 0 Å². The summed E-state index contributed by atoms with van der Waals surface area (Å²) >= 11 is 0. The molecule has 1 heteroatoms. The second-order valence-electron chi connectivity index (χ2n) is 3.82. The van der Waals surface area contributed by atoms with E-state index in [0.29, 0.717) is 0 Å². The molecule has 1 N–H and O–H groups in total. The first-order valence-electron chi connectivity index (χ1n) is 5.52. The monoisotopic (exact) mass is 201 g/mol. The van der Waals surface area contributed by atoms with E-state index in [1.54, 1.807) is 0 Å². The van der Waals surface area contributed by atoms with Gasteiger partial charge in [0.1, 0.15) is 0 Å². The van der Waals surface area contributed by atoms with Crippen LogP contribution in [0.15, 0.2) is 24.3 Å². The summed E-state index contributed by atoms with van der Waals surface area (Å²) in [7, 11) is 0. The van der Waals surface area contributed by atoms with Gasteiger partial charge in [0.15, 0.2) is 0 Å². The van der Waals surface area contributed by atoms with Gasteiger partial charge in [-0.25, -0.2) is 0 Å². The molecule has 1 nitrogen and oxygen atoms in total. The molecule has 0 aliphatic heterocycles.